The van der Waals surface area contributed by atoms with Crippen molar-refractivity contribution < 1.29 is 17.6 Å². The quantitative estimate of drug-likeness (QED) is 0.872. The second kappa shape index (κ2) is 7.97. The summed E-state index contributed by atoms with van der Waals surface area (Å²) in [6.07, 6.45) is 1.23. The summed E-state index contributed by atoms with van der Waals surface area (Å²) in [6.45, 7) is 0.627. The molecule has 0 saturated carbocycles. The maximum atomic E-state index is 13.6. The largest absolute Gasteiger partial charge is 0.352 e. The maximum absolute atomic E-state index is 13.6. The zero-order valence-electron chi connectivity index (χ0n) is 14.3. The fourth-order valence-corrected chi connectivity index (χ4v) is 4.63. The van der Waals surface area contributed by atoms with E-state index < -0.39 is 15.9 Å². The third-order valence-electron chi connectivity index (χ3n) is 4.55. The summed E-state index contributed by atoms with van der Waals surface area (Å²) in [5, 5.41) is 2.72. The number of sulfonamides is 1. The molecule has 1 saturated heterocycles. The summed E-state index contributed by atoms with van der Waals surface area (Å²) in [5.41, 5.74) is 0.408. The molecule has 1 aliphatic rings. The number of hydrogen-bond donors (Lipinski definition) is 1. The predicted octanol–water partition coefficient (Wildman–Crippen LogP) is 2.54. The molecule has 2 aromatic rings. The Balaban J connectivity index is 1.65. The first-order chi connectivity index (χ1) is 12.5. The van der Waals surface area contributed by atoms with E-state index in [1.54, 1.807) is 48.5 Å². The van der Waals surface area contributed by atoms with Gasteiger partial charge in [0, 0.05) is 25.2 Å². The highest BCUT2D eigenvalue weighted by Gasteiger charge is 2.33. The molecule has 5 nitrogen and oxygen atoms in total. The summed E-state index contributed by atoms with van der Waals surface area (Å²) in [6, 6.07) is 14.5. The number of nitrogens with zero attached hydrogens (tertiary/aromatic N) is 1. The van der Waals surface area contributed by atoms with Crippen LogP contribution in [0.2, 0.25) is 0 Å². The minimum Gasteiger partial charge on any atom is -0.352 e. The summed E-state index contributed by atoms with van der Waals surface area (Å²) in [7, 11) is -3.61. The van der Waals surface area contributed by atoms with E-state index in [2.05, 4.69) is 5.32 Å². The molecule has 1 heterocycles. The minimum atomic E-state index is -3.61. The predicted molar refractivity (Wildman–Crippen MR) is 96.2 cm³/mol. The maximum Gasteiger partial charge on any atom is 0.243 e. The molecule has 0 radical (unpaired) electrons. The second-order valence-corrected chi connectivity index (χ2v) is 8.26. The Morgan fingerprint density at radius 3 is 2.54 bits per heavy atom. The number of carbonyl (C=O) groups is 1. The molecular weight excluding hydrogens is 355 g/mol. The lowest BCUT2D eigenvalue weighted by molar-refractivity contribution is -0.126. The van der Waals surface area contributed by atoms with Crippen molar-refractivity contribution in [1.29, 1.82) is 0 Å². The second-order valence-electron chi connectivity index (χ2n) is 6.32. The van der Waals surface area contributed by atoms with Crippen LogP contribution in [-0.4, -0.2) is 31.7 Å². The molecule has 0 spiro atoms. The Labute approximate surface area is 152 Å². The molecule has 7 heteroatoms. The van der Waals surface area contributed by atoms with Crippen molar-refractivity contribution in [2.24, 2.45) is 5.92 Å². The molecule has 1 aliphatic heterocycles. The summed E-state index contributed by atoms with van der Waals surface area (Å²) >= 11 is 0. The van der Waals surface area contributed by atoms with Gasteiger partial charge >= 0.3 is 0 Å². The summed E-state index contributed by atoms with van der Waals surface area (Å²) in [5.74, 6) is -1.06. The van der Waals surface area contributed by atoms with Crippen LogP contribution in [0.3, 0.4) is 0 Å². The van der Waals surface area contributed by atoms with Crippen LogP contribution in [0.25, 0.3) is 0 Å². The van der Waals surface area contributed by atoms with E-state index in [4.69, 9.17) is 0 Å². The number of piperidine rings is 1. The van der Waals surface area contributed by atoms with Gasteiger partial charge < -0.3 is 5.32 Å². The van der Waals surface area contributed by atoms with Gasteiger partial charge in [-0.15, -0.1) is 0 Å². The number of rotatable bonds is 5. The van der Waals surface area contributed by atoms with Crippen LogP contribution < -0.4 is 5.32 Å². The normalized spacial score (nSPS) is 18.4. The van der Waals surface area contributed by atoms with Crippen LogP contribution >= 0.6 is 0 Å². The van der Waals surface area contributed by atoms with Gasteiger partial charge in [-0.3, -0.25) is 4.79 Å². The Hall–Kier alpha value is -2.25. The number of nitrogens with one attached hydrogen (secondary N) is 1. The van der Waals surface area contributed by atoms with E-state index in [-0.39, 0.29) is 29.7 Å². The van der Waals surface area contributed by atoms with Gasteiger partial charge in [-0.1, -0.05) is 36.4 Å². The molecule has 1 amide bonds. The van der Waals surface area contributed by atoms with Crippen LogP contribution in [0.4, 0.5) is 4.39 Å². The fourth-order valence-electron chi connectivity index (χ4n) is 3.08. The van der Waals surface area contributed by atoms with Crippen LogP contribution in [0.15, 0.2) is 59.5 Å². The lowest BCUT2D eigenvalue weighted by Gasteiger charge is -2.31. The molecule has 0 bridgehead atoms. The van der Waals surface area contributed by atoms with E-state index in [1.165, 1.54) is 10.4 Å². The van der Waals surface area contributed by atoms with Gasteiger partial charge in [0.05, 0.1) is 10.8 Å². The van der Waals surface area contributed by atoms with E-state index in [0.29, 0.717) is 24.9 Å². The molecular formula is C19H21FN2O3S. The van der Waals surface area contributed by atoms with Crippen LogP contribution in [0.5, 0.6) is 0 Å². The third kappa shape index (κ3) is 4.11. The number of amides is 1. The Morgan fingerprint density at radius 2 is 1.81 bits per heavy atom. The van der Waals surface area contributed by atoms with Gasteiger partial charge in [-0.2, -0.15) is 4.31 Å². The standard InChI is InChI=1S/C19H21FN2O3S/c20-18-11-5-4-7-15(18)13-21-19(23)16-8-6-12-22(14-16)26(24,25)17-9-2-1-3-10-17/h1-5,7,9-11,16H,6,8,12-14H2,(H,21,23)/t16-/m1/s1. The number of halogens is 1. The highest BCUT2D eigenvalue weighted by atomic mass is 32.2. The Morgan fingerprint density at radius 1 is 1.12 bits per heavy atom. The number of benzene rings is 2. The first-order valence-corrected chi connectivity index (χ1v) is 9.99. The Kier molecular flexibility index (Phi) is 5.68. The van der Waals surface area contributed by atoms with Crippen molar-refractivity contribution in [3.05, 3.63) is 66.0 Å². The molecule has 1 N–H and O–H groups in total. The first kappa shape index (κ1) is 18.5. The van der Waals surface area contributed by atoms with Gasteiger partial charge in [-0.05, 0) is 31.0 Å². The molecule has 0 aliphatic carbocycles. The SMILES string of the molecule is O=C(NCc1ccccc1F)[C@@H]1CCCN(S(=O)(=O)c2ccccc2)C1. The number of hydrogen-bond acceptors (Lipinski definition) is 3. The monoisotopic (exact) mass is 376 g/mol. The van der Waals surface area contributed by atoms with Crippen molar-refractivity contribution in [3.63, 3.8) is 0 Å². The van der Waals surface area contributed by atoms with Crippen molar-refractivity contribution in [2.45, 2.75) is 24.3 Å². The van der Waals surface area contributed by atoms with Crippen molar-refractivity contribution in [2.75, 3.05) is 13.1 Å². The van der Waals surface area contributed by atoms with Crippen LogP contribution in [-0.2, 0) is 21.4 Å². The first-order valence-electron chi connectivity index (χ1n) is 8.55. The summed E-state index contributed by atoms with van der Waals surface area (Å²) in [4.78, 5) is 12.7. The molecule has 0 unspecified atom stereocenters. The van der Waals surface area contributed by atoms with Gasteiger partial charge in [-0.25, -0.2) is 12.8 Å². The highest BCUT2D eigenvalue weighted by Crippen LogP contribution is 2.24. The molecule has 138 valence electrons. The Bertz CT molecular complexity index is 871. The average Bonchev–Trinajstić information content (AvgIpc) is 2.68. The van der Waals surface area contributed by atoms with Gasteiger partial charge in [0.2, 0.25) is 15.9 Å². The van der Waals surface area contributed by atoms with Gasteiger partial charge in [0.15, 0.2) is 0 Å². The lowest BCUT2D eigenvalue weighted by Crippen LogP contribution is -2.45. The average molecular weight is 376 g/mol. The van der Waals surface area contributed by atoms with E-state index in [0.717, 1.165) is 0 Å². The molecule has 1 atom stereocenters. The van der Waals surface area contributed by atoms with Crippen molar-refractivity contribution >= 4 is 15.9 Å². The molecule has 3 rings (SSSR count). The summed E-state index contributed by atoms with van der Waals surface area (Å²) < 4.78 is 40.5. The smallest absolute Gasteiger partial charge is 0.243 e. The fraction of sp³-hybridized carbons (Fsp3) is 0.316. The van der Waals surface area contributed by atoms with Crippen molar-refractivity contribution in [1.82, 2.24) is 9.62 Å². The topological polar surface area (TPSA) is 66.5 Å². The van der Waals surface area contributed by atoms with Crippen LogP contribution in [0.1, 0.15) is 18.4 Å². The van der Waals surface area contributed by atoms with E-state index in [9.17, 15) is 17.6 Å². The zero-order chi connectivity index (χ0) is 18.6. The van der Waals surface area contributed by atoms with E-state index in [1.807, 2.05) is 0 Å². The van der Waals surface area contributed by atoms with Crippen LogP contribution in [0, 0.1) is 11.7 Å². The highest BCUT2D eigenvalue weighted by molar-refractivity contribution is 7.89. The van der Waals surface area contributed by atoms with Gasteiger partial charge in [0.25, 0.3) is 0 Å². The lowest BCUT2D eigenvalue weighted by atomic mass is 9.98. The van der Waals surface area contributed by atoms with Crippen molar-refractivity contribution in [3.8, 4) is 0 Å². The molecule has 1 fully saturated rings. The van der Waals surface area contributed by atoms with E-state index >= 15 is 0 Å². The molecule has 0 aromatic heterocycles. The molecule has 26 heavy (non-hydrogen) atoms. The zero-order valence-corrected chi connectivity index (χ0v) is 15.1. The molecule has 2 aromatic carbocycles. The third-order valence-corrected chi connectivity index (χ3v) is 6.43. The number of carbonyl (C=O) groups excluding carboxylic acids is 1. The van der Waals surface area contributed by atoms with Gasteiger partial charge in [0.1, 0.15) is 5.82 Å². The minimum absolute atomic E-state index is 0.0907.